The molecule has 118 valence electrons. The molecule has 0 aliphatic carbocycles. The molecule has 8 heteroatoms. The Morgan fingerprint density at radius 1 is 1.09 bits per heavy atom. The number of pyridine rings is 1. The highest BCUT2D eigenvalue weighted by Gasteiger charge is 2.00. The molecule has 1 aromatic heterocycles. The molecule has 0 unspecified atom stereocenters. The van der Waals surface area contributed by atoms with Gasteiger partial charge in [0.05, 0.1) is 0 Å². The van der Waals surface area contributed by atoms with Gasteiger partial charge in [-0.25, -0.2) is 4.98 Å². The van der Waals surface area contributed by atoms with Gasteiger partial charge < -0.3 is 22.1 Å². The number of nitrogens with two attached hydrogens (primary N) is 2. The number of carbonyl (C=O) groups excluding carboxylic acids is 1. The van der Waals surface area contributed by atoms with E-state index in [1.54, 1.807) is 48.7 Å². The standard InChI is InChI=1S/C15H17N7O/c1-10(23)19-11-5-4-6-12(9-11)20-14(16)22-15(17)21-13-7-2-3-8-18-13/h2-9H,1H3,(H,19,23)(H5,16,17,18,20,21,22). The number of aromatic nitrogens is 1. The van der Waals surface area contributed by atoms with E-state index in [-0.39, 0.29) is 17.8 Å². The van der Waals surface area contributed by atoms with Gasteiger partial charge in [0.1, 0.15) is 0 Å². The van der Waals surface area contributed by atoms with Crippen LogP contribution in [0.1, 0.15) is 6.92 Å². The Balaban J connectivity index is 2.07. The van der Waals surface area contributed by atoms with E-state index < -0.39 is 0 Å². The first-order chi connectivity index (χ1) is 11.0. The van der Waals surface area contributed by atoms with Crippen molar-refractivity contribution in [2.75, 3.05) is 10.6 Å². The van der Waals surface area contributed by atoms with Gasteiger partial charge >= 0.3 is 0 Å². The maximum Gasteiger partial charge on any atom is 0.225 e. The number of hydrogen-bond acceptors (Lipinski definition) is 3. The van der Waals surface area contributed by atoms with Crippen molar-refractivity contribution in [1.82, 2.24) is 4.98 Å². The second-order valence-corrected chi connectivity index (χ2v) is 4.54. The number of hydrogen-bond donors (Lipinski definition) is 4. The summed E-state index contributed by atoms with van der Waals surface area (Å²) in [6, 6.07) is 12.3. The summed E-state index contributed by atoms with van der Waals surface area (Å²) in [5.41, 5.74) is 12.8. The van der Waals surface area contributed by atoms with Gasteiger partial charge in [-0.15, -0.1) is 0 Å². The Hall–Kier alpha value is -3.42. The molecule has 0 fully saturated rings. The number of anilines is 2. The molecule has 0 aliphatic heterocycles. The molecule has 6 N–H and O–H groups in total. The quantitative estimate of drug-likeness (QED) is 0.503. The molecule has 0 bridgehead atoms. The van der Waals surface area contributed by atoms with Crippen LogP contribution >= 0.6 is 0 Å². The van der Waals surface area contributed by atoms with Crippen molar-refractivity contribution in [1.29, 1.82) is 0 Å². The average Bonchev–Trinajstić information content (AvgIpc) is 2.47. The molecule has 0 aliphatic rings. The zero-order valence-corrected chi connectivity index (χ0v) is 12.5. The van der Waals surface area contributed by atoms with E-state index in [2.05, 4.69) is 25.6 Å². The summed E-state index contributed by atoms with van der Waals surface area (Å²) in [6.07, 6.45) is 1.60. The number of benzene rings is 1. The van der Waals surface area contributed by atoms with Gasteiger partial charge in [0.2, 0.25) is 17.8 Å². The van der Waals surface area contributed by atoms with Crippen LogP contribution in [0.3, 0.4) is 0 Å². The zero-order valence-electron chi connectivity index (χ0n) is 12.5. The maximum atomic E-state index is 11.0. The SMILES string of the molecule is CC(=O)Nc1cccc(NC(N)=NC(N)=Nc2ccccn2)c1. The first kappa shape index (κ1) is 16.0. The normalized spacial score (nSPS) is 11.9. The number of guanidine groups is 2. The van der Waals surface area contributed by atoms with E-state index in [9.17, 15) is 4.79 Å². The van der Waals surface area contributed by atoms with Crippen molar-refractivity contribution < 1.29 is 4.79 Å². The Bertz CT molecular complexity index is 741. The fraction of sp³-hybridized carbons (Fsp3) is 0.0667. The summed E-state index contributed by atoms with van der Waals surface area (Å²) in [5, 5.41) is 5.54. The number of nitrogens with zero attached hydrogens (tertiary/aromatic N) is 3. The first-order valence-corrected chi connectivity index (χ1v) is 6.77. The highest BCUT2D eigenvalue weighted by Crippen LogP contribution is 2.14. The lowest BCUT2D eigenvalue weighted by atomic mass is 10.3. The van der Waals surface area contributed by atoms with Gasteiger partial charge in [0.15, 0.2) is 5.82 Å². The smallest absolute Gasteiger partial charge is 0.225 e. The van der Waals surface area contributed by atoms with Crippen LogP contribution < -0.4 is 22.1 Å². The van der Waals surface area contributed by atoms with Crippen LogP contribution in [0.5, 0.6) is 0 Å². The molecular weight excluding hydrogens is 294 g/mol. The molecule has 8 nitrogen and oxygen atoms in total. The van der Waals surface area contributed by atoms with E-state index >= 15 is 0 Å². The van der Waals surface area contributed by atoms with Crippen LogP contribution in [-0.4, -0.2) is 22.8 Å². The zero-order chi connectivity index (χ0) is 16.7. The highest BCUT2D eigenvalue weighted by atomic mass is 16.1. The van der Waals surface area contributed by atoms with E-state index in [4.69, 9.17) is 11.5 Å². The second-order valence-electron chi connectivity index (χ2n) is 4.54. The van der Waals surface area contributed by atoms with E-state index in [0.717, 1.165) is 0 Å². The Labute approximate surface area is 133 Å². The molecule has 0 radical (unpaired) electrons. The van der Waals surface area contributed by atoms with Gasteiger partial charge in [-0.3, -0.25) is 4.79 Å². The summed E-state index contributed by atoms with van der Waals surface area (Å²) in [7, 11) is 0. The molecule has 0 spiro atoms. The molecule has 23 heavy (non-hydrogen) atoms. The molecule has 0 saturated heterocycles. The summed E-state index contributed by atoms with van der Waals surface area (Å²) in [6.45, 7) is 1.44. The van der Waals surface area contributed by atoms with Gasteiger partial charge in [0, 0.05) is 24.5 Å². The minimum atomic E-state index is -0.157. The second kappa shape index (κ2) is 7.55. The lowest BCUT2D eigenvalue weighted by Gasteiger charge is -2.08. The van der Waals surface area contributed by atoms with E-state index in [1.165, 1.54) is 6.92 Å². The molecule has 2 aromatic rings. The fourth-order valence-corrected chi connectivity index (χ4v) is 1.74. The monoisotopic (exact) mass is 311 g/mol. The molecule has 0 saturated carbocycles. The predicted molar refractivity (Wildman–Crippen MR) is 91.5 cm³/mol. The van der Waals surface area contributed by atoms with Crippen molar-refractivity contribution in [2.45, 2.75) is 6.92 Å². The van der Waals surface area contributed by atoms with Crippen molar-refractivity contribution in [3.63, 3.8) is 0 Å². The van der Waals surface area contributed by atoms with Crippen LogP contribution in [0, 0.1) is 0 Å². The van der Waals surface area contributed by atoms with Crippen molar-refractivity contribution in [2.24, 2.45) is 21.5 Å². The largest absolute Gasteiger partial charge is 0.369 e. The number of aliphatic imine (C=N–C) groups is 2. The Morgan fingerprint density at radius 3 is 2.48 bits per heavy atom. The Kier molecular flexibility index (Phi) is 5.24. The minimum absolute atomic E-state index is 0.0216. The van der Waals surface area contributed by atoms with Crippen LogP contribution in [0.25, 0.3) is 0 Å². The van der Waals surface area contributed by atoms with Crippen LogP contribution in [0.2, 0.25) is 0 Å². The lowest BCUT2D eigenvalue weighted by Crippen LogP contribution is -2.26. The number of carbonyl (C=O) groups is 1. The van der Waals surface area contributed by atoms with Crippen LogP contribution in [0.4, 0.5) is 17.2 Å². The molecule has 1 amide bonds. The summed E-state index contributed by atoms with van der Waals surface area (Å²) < 4.78 is 0. The number of nitrogens with one attached hydrogen (secondary N) is 2. The summed E-state index contributed by atoms with van der Waals surface area (Å²) >= 11 is 0. The van der Waals surface area contributed by atoms with E-state index in [0.29, 0.717) is 17.2 Å². The average molecular weight is 311 g/mol. The van der Waals surface area contributed by atoms with Crippen molar-refractivity contribution >= 4 is 35.0 Å². The first-order valence-electron chi connectivity index (χ1n) is 6.77. The number of rotatable bonds is 3. The molecular formula is C15H17N7O. The highest BCUT2D eigenvalue weighted by molar-refractivity contribution is 6.01. The van der Waals surface area contributed by atoms with E-state index in [1.807, 2.05) is 0 Å². The van der Waals surface area contributed by atoms with Gasteiger partial charge in [-0.2, -0.15) is 9.98 Å². The van der Waals surface area contributed by atoms with Gasteiger partial charge in [-0.1, -0.05) is 12.1 Å². The molecule has 2 rings (SSSR count). The van der Waals surface area contributed by atoms with Crippen LogP contribution in [-0.2, 0) is 4.79 Å². The number of amides is 1. The summed E-state index contributed by atoms with van der Waals surface area (Å²) in [5.74, 6) is 0.332. The fourth-order valence-electron chi connectivity index (χ4n) is 1.74. The minimum Gasteiger partial charge on any atom is -0.369 e. The molecule has 1 aromatic carbocycles. The maximum absolute atomic E-state index is 11.0. The third-order valence-electron chi connectivity index (χ3n) is 2.57. The van der Waals surface area contributed by atoms with Crippen molar-refractivity contribution in [3.05, 3.63) is 48.7 Å². The molecule has 1 heterocycles. The molecule has 0 atom stereocenters. The van der Waals surface area contributed by atoms with Crippen molar-refractivity contribution in [3.8, 4) is 0 Å². The van der Waals surface area contributed by atoms with Crippen LogP contribution in [0.15, 0.2) is 58.6 Å². The lowest BCUT2D eigenvalue weighted by molar-refractivity contribution is -0.114. The van der Waals surface area contributed by atoms with Gasteiger partial charge in [-0.05, 0) is 30.3 Å². The summed E-state index contributed by atoms with van der Waals surface area (Å²) in [4.78, 5) is 23.0. The predicted octanol–water partition coefficient (Wildman–Crippen LogP) is 1.41. The topological polar surface area (TPSA) is 131 Å². The Morgan fingerprint density at radius 2 is 1.83 bits per heavy atom. The third kappa shape index (κ3) is 5.46. The van der Waals surface area contributed by atoms with Gasteiger partial charge in [0.25, 0.3) is 0 Å². The third-order valence-corrected chi connectivity index (χ3v) is 2.57.